The summed E-state index contributed by atoms with van der Waals surface area (Å²) in [6.45, 7) is 7.85. The van der Waals surface area contributed by atoms with E-state index in [0.717, 1.165) is 25.8 Å². The molecule has 0 aliphatic carbocycles. The van der Waals surface area contributed by atoms with Gasteiger partial charge in [-0.25, -0.2) is 0 Å². The Balaban J connectivity index is 1.79. The monoisotopic (exact) mass is 428 g/mol. The highest BCUT2D eigenvalue weighted by molar-refractivity contribution is 7.22. The van der Waals surface area contributed by atoms with Crippen molar-refractivity contribution in [1.82, 2.24) is 0 Å². The molecule has 0 aliphatic rings. The Bertz CT molecular complexity index is 737. The number of aryl methyl sites for hydroxylation is 2. The standard InChI is InChI=1S/C20H28O6S2/c1-14-10-17(13-26-9-8-25-7-6-24-5-4-23-3)20(27-14)18-11-16(12-19(21)22)15(2)28-18/h10-11H,4-9,12-13H2,1-3H3,(H,21,22). The van der Waals surface area contributed by atoms with E-state index in [1.807, 2.05) is 13.0 Å². The molecule has 0 aliphatic heterocycles. The molecule has 0 atom stereocenters. The molecule has 2 rings (SSSR count). The van der Waals surface area contributed by atoms with Gasteiger partial charge in [0.15, 0.2) is 0 Å². The van der Waals surface area contributed by atoms with Crippen LogP contribution in [-0.4, -0.2) is 57.8 Å². The van der Waals surface area contributed by atoms with Crippen LogP contribution in [0.4, 0.5) is 0 Å². The number of rotatable bonds is 14. The Morgan fingerprint density at radius 3 is 2.21 bits per heavy atom. The molecule has 1 N–H and O–H groups in total. The Morgan fingerprint density at radius 2 is 1.57 bits per heavy atom. The van der Waals surface area contributed by atoms with Crippen LogP contribution in [0.25, 0.3) is 9.75 Å². The van der Waals surface area contributed by atoms with Gasteiger partial charge in [-0.05, 0) is 37.1 Å². The number of methoxy groups -OCH3 is 1. The molecule has 6 nitrogen and oxygen atoms in total. The number of carboxylic acids is 1. The number of ether oxygens (including phenoxy) is 4. The summed E-state index contributed by atoms with van der Waals surface area (Å²) in [6, 6.07) is 4.13. The molecule has 28 heavy (non-hydrogen) atoms. The molecule has 0 amide bonds. The number of thiophene rings is 2. The first-order chi connectivity index (χ1) is 13.5. The predicted molar refractivity (Wildman–Crippen MR) is 112 cm³/mol. The number of hydrogen-bond acceptors (Lipinski definition) is 7. The number of carbonyl (C=O) groups is 1. The SMILES string of the molecule is COCCOCCOCCOCc1cc(C)sc1-c1cc(CC(=O)O)c(C)s1. The van der Waals surface area contributed by atoms with Crippen LogP contribution in [0.2, 0.25) is 0 Å². The second-order valence-electron chi connectivity index (χ2n) is 6.24. The first-order valence-electron chi connectivity index (χ1n) is 9.14. The maximum atomic E-state index is 11.0. The van der Waals surface area contributed by atoms with Gasteiger partial charge in [0.2, 0.25) is 0 Å². The maximum Gasteiger partial charge on any atom is 0.307 e. The number of hydrogen-bond donors (Lipinski definition) is 1. The normalized spacial score (nSPS) is 11.2. The van der Waals surface area contributed by atoms with Crippen molar-refractivity contribution in [2.24, 2.45) is 0 Å². The summed E-state index contributed by atoms with van der Waals surface area (Å²) >= 11 is 3.35. The van der Waals surface area contributed by atoms with Crippen LogP contribution in [0.15, 0.2) is 12.1 Å². The highest BCUT2D eigenvalue weighted by atomic mass is 32.1. The molecule has 156 valence electrons. The molecule has 0 unspecified atom stereocenters. The van der Waals surface area contributed by atoms with Gasteiger partial charge in [-0.2, -0.15) is 0 Å². The molecule has 0 aromatic carbocycles. The van der Waals surface area contributed by atoms with Crippen LogP contribution in [0.3, 0.4) is 0 Å². The Kier molecular flexibility index (Phi) is 10.1. The lowest BCUT2D eigenvalue weighted by Crippen LogP contribution is -2.11. The van der Waals surface area contributed by atoms with Crippen LogP contribution in [0.1, 0.15) is 20.9 Å². The highest BCUT2D eigenvalue weighted by Crippen LogP contribution is 2.39. The number of aliphatic carboxylic acids is 1. The molecule has 0 spiro atoms. The third-order valence-corrected chi connectivity index (χ3v) is 6.32. The van der Waals surface area contributed by atoms with E-state index in [0.29, 0.717) is 46.2 Å². The molecule has 2 aromatic rings. The molecule has 0 saturated heterocycles. The first-order valence-corrected chi connectivity index (χ1v) is 10.8. The minimum Gasteiger partial charge on any atom is -0.481 e. The Morgan fingerprint density at radius 1 is 0.929 bits per heavy atom. The third-order valence-electron chi connectivity index (χ3n) is 3.95. The summed E-state index contributed by atoms with van der Waals surface area (Å²) in [6.07, 6.45) is 0.0606. The molecule has 0 bridgehead atoms. The van der Waals surface area contributed by atoms with Crippen LogP contribution < -0.4 is 0 Å². The molecule has 0 radical (unpaired) electrons. The van der Waals surface area contributed by atoms with Gasteiger partial charge < -0.3 is 24.1 Å². The summed E-state index contributed by atoms with van der Waals surface area (Å²) in [5, 5.41) is 9.05. The van der Waals surface area contributed by atoms with Crippen molar-refractivity contribution in [3.8, 4) is 9.75 Å². The summed E-state index contributed by atoms with van der Waals surface area (Å²) < 4.78 is 21.5. The van der Waals surface area contributed by atoms with E-state index in [1.165, 1.54) is 4.88 Å². The lowest BCUT2D eigenvalue weighted by Gasteiger charge is -2.07. The van der Waals surface area contributed by atoms with E-state index in [1.54, 1.807) is 29.8 Å². The smallest absolute Gasteiger partial charge is 0.307 e. The number of carboxylic acid groups (broad SMARTS) is 1. The van der Waals surface area contributed by atoms with Gasteiger partial charge >= 0.3 is 5.97 Å². The largest absolute Gasteiger partial charge is 0.481 e. The summed E-state index contributed by atoms with van der Waals surface area (Å²) in [7, 11) is 1.65. The van der Waals surface area contributed by atoms with Crippen molar-refractivity contribution in [3.63, 3.8) is 0 Å². The zero-order valence-electron chi connectivity index (χ0n) is 16.6. The minimum atomic E-state index is -0.803. The fourth-order valence-corrected chi connectivity index (χ4v) is 4.82. The van der Waals surface area contributed by atoms with Crippen molar-refractivity contribution in [2.75, 3.05) is 46.8 Å². The summed E-state index contributed by atoms with van der Waals surface area (Å²) in [4.78, 5) is 15.5. The summed E-state index contributed by atoms with van der Waals surface area (Å²) in [5.74, 6) is -0.803. The molecule has 0 saturated carbocycles. The molecular weight excluding hydrogens is 400 g/mol. The summed E-state index contributed by atoms with van der Waals surface area (Å²) in [5.41, 5.74) is 2.01. The van der Waals surface area contributed by atoms with Gasteiger partial charge in [0.05, 0.1) is 57.5 Å². The highest BCUT2D eigenvalue weighted by Gasteiger charge is 2.15. The third kappa shape index (κ3) is 7.62. The molecule has 8 heteroatoms. The van der Waals surface area contributed by atoms with E-state index in [4.69, 9.17) is 24.1 Å². The second-order valence-corrected chi connectivity index (χ2v) is 8.76. The Labute approximate surface area is 174 Å². The van der Waals surface area contributed by atoms with Crippen molar-refractivity contribution in [2.45, 2.75) is 26.9 Å². The van der Waals surface area contributed by atoms with Gasteiger partial charge in [0.1, 0.15) is 0 Å². The fraction of sp³-hybridized carbons (Fsp3) is 0.550. The van der Waals surface area contributed by atoms with E-state index in [9.17, 15) is 4.79 Å². The van der Waals surface area contributed by atoms with E-state index in [-0.39, 0.29) is 6.42 Å². The van der Waals surface area contributed by atoms with Crippen molar-refractivity contribution >= 4 is 28.6 Å². The molecule has 0 fully saturated rings. The lowest BCUT2D eigenvalue weighted by molar-refractivity contribution is -0.136. The van der Waals surface area contributed by atoms with Gasteiger partial charge in [0, 0.05) is 21.7 Å². The van der Waals surface area contributed by atoms with Crippen LogP contribution >= 0.6 is 22.7 Å². The Hall–Kier alpha value is -1.29. The molecule has 2 heterocycles. The maximum absolute atomic E-state index is 11.0. The average molecular weight is 429 g/mol. The van der Waals surface area contributed by atoms with Crippen LogP contribution in [0, 0.1) is 13.8 Å². The fourth-order valence-electron chi connectivity index (χ4n) is 2.62. The lowest BCUT2D eigenvalue weighted by atomic mass is 10.1. The average Bonchev–Trinajstić information content (AvgIpc) is 3.18. The predicted octanol–water partition coefficient (Wildman–Crippen LogP) is 3.92. The van der Waals surface area contributed by atoms with E-state index in [2.05, 4.69) is 13.0 Å². The first kappa shape index (κ1) is 23.0. The van der Waals surface area contributed by atoms with Crippen molar-refractivity contribution in [3.05, 3.63) is 33.0 Å². The molecule has 2 aromatic heterocycles. The van der Waals surface area contributed by atoms with Crippen molar-refractivity contribution < 1.29 is 28.8 Å². The minimum absolute atomic E-state index is 0.0606. The zero-order valence-corrected chi connectivity index (χ0v) is 18.2. The van der Waals surface area contributed by atoms with Gasteiger partial charge in [-0.15, -0.1) is 22.7 Å². The van der Waals surface area contributed by atoms with Gasteiger partial charge in [-0.3, -0.25) is 4.79 Å². The van der Waals surface area contributed by atoms with Crippen molar-refractivity contribution in [1.29, 1.82) is 0 Å². The van der Waals surface area contributed by atoms with Gasteiger partial charge in [0.25, 0.3) is 0 Å². The van der Waals surface area contributed by atoms with E-state index < -0.39 is 5.97 Å². The van der Waals surface area contributed by atoms with E-state index >= 15 is 0 Å². The quantitative estimate of drug-likeness (QED) is 0.460. The van der Waals surface area contributed by atoms with Gasteiger partial charge in [-0.1, -0.05) is 0 Å². The zero-order chi connectivity index (χ0) is 20.4. The van der Waals surface area contributed by atoms with Crippen LogP contribution in [0.5, 0.6) is 0 Å². The van der Waals surface area contributed by atoms with Crippen LogP contribution in [-0.2, 0) is 36.8 Å². The molecular formula is C20H28O6S2. The topological polar surface area (TPSA) is 74.2 Å². The second kappa shape index (κ2) is 12.3.